The third-order valence-corrected chi connectivity index (χ3v) is 8.30. The fourth-order valence-corrected chi connectivity index (χ4v) is 6.89. The Hall–Kier alpha value is -4.76. The van der Waals surface area contributed by atoms with Gasteiger partial charge in [0.2, 0.25) is 0 Å². The van der Waals surface area contributed by atoms with Crippen molar-refractivity contribution in [2.24, 2.45) is 0 Å². The van der Waals surface area contributed by atoms with Crippen molar-refractivity contribution >= 4 is 44.9 Å². The fourth-order valence-electron chi connectivity index (χ4n) is 6.89. The summed E-state index contributed by atoms with van der Waals surface area (Å²) in [7, 11) is 0. The first kappa shape index (κ1) is 19.4. The van der Waals surface area contributed by atoms with Crippen LogP contribution < -0.4 is 16.4 Å². The number of para-hydroxylation sites is 2. The van der Waals surface area contributed by atoms with E-state index in [1.807, 2.05) is 0 Å². The molecule has 0 fully saturated rings. The van der Waals surface area contributed by atoms with Crippen molar-refractivity contribution in [3.63, 3.8) is 0 Å². The Labute approximate surface area is 215 Å². The molecule has 0 saturated heterocycles. The molecule has 0 spiro atoms. The lowest BCUT2D eigenvalue weighted by Crippen LogP contribution is -2.59. The number of rotatable bonds is 2. The molecule has 4 heterocycles. The Morgan fingerprint density at radius 1 is 0.432 bits per heavy atom. The Kier molecular flexibility index (Phi) is 3.64. The zero-order chi connectivity index (χ0) is 24.1. The molecule has 0 bridgehead atoms. The molecule has 2 aliphatic rings. The van der Waals surface area contributed by atoms with Crippen LogP contribution in [0, 0.1) is 0 Å². The van der Waals surface area contributed by atoms with Gasteiger partial charge in [0.1, 0.15) is 0 Å². The first-order valence-electron chi connectivity index (χ1n) is 12.9. The van der Waals surface area contributed by atoms with Gasteiger partial charge in [0.25, 0.3) is 6.71 Å². The molecule has 2 aliphatic heterocycles. The van der Waals surface area contributed by atoms with Crippen molar-refractivity contribution in [3.8, 4) is 33.9 Å². The van der Waals surface area contributed by atoms with Crippen molar-refractivity contribution in [1.29, 1.82) is 0 Å². The van der Waals surface area contributed by atoms with Crippen LogP contribution in [0.4, 0.5) is 0 Å². The van der Waals surface area contributed by atoms with Crippen LogP contribution in [-0.4, -0.2) is 15.8 Å². The van der Waals surface area contributed by atoms with E-state index in [1.54, 1.807) is 0 Å². The third kappa shape index (κ3) is 2.41. The summed E-state index contributed by atoms with van der Waals surface area (Å²) in [6.07, 6.45) is 0. The van der Waals surface area contributed by atoms with Gasteiger partial charge in [-0.1, -0.05) is 103 Å². The molecule has 7 aromatic rings. The Bertz CT molecular complexity index is 1890. The molecule has 0 saturated carbocycles. The highest BCUT2D eigenvalue weighted by Crippen LogP contribution is 2.38. The van der Waals surface area contributed by atoms with E-state index >= 15 is 0 Å². The van der Waals surface area contributed by atoms with Crippen LogP contribution >= 0.6 is 0 Å². The van der Waals surface area contributed by atoms with Gasteiger partial charge in [-0.2, -0.15) is 0 Å². The number of hydrogen-bond donors (Lipinski definition) is 0. The average molecular weight is 468 g/mol. The maximum Gasteiger partial charge on any atom is 0.252 e. The molecule has 0 atom stereocenters. The molecule has 9 rings (SSSR count). The summed E-state index contributed by atoms with van der Waals surface area (Å²) in [5.74, 6) is 0. The predicted molar refractivity (Wildman–Crippen MR) is 156 cm³/mol. The summed E-state index contributed by atoms with van der Waals surface area (Å²) in [6, 6.07) is 46.8. The monoisotopic (exact) mass is 468 g/mol. The third-order valence-electron chi connectivity index (χ3n) is 8.30. The van der Waals surface area contributed by atoms with Crippen molar-refractivity contribution in [2.45, 2.75) is 0 Å². The molecule has 0 amide bonds. The van der Waals surface area contributed by atoms with Crippen LogP contribution in [0.2, 0.25) is 0 Å². The normalized spacial score (nSPS) is 12.8. The van der Waals surface area contributed by atoms with E-state index in [0.29, 0.717) is 0 Å². The molecule has 2 aromatic heterocycles. The van der Waals surface area contributed by atoms with Gasteiger partial charge >= 0.3 is 0 Å². The molecule has 0 radical (unpaired) electrons. The average Bonchev–Trinajstić information content (AvgIpc) is 3.55. The molecular weight excluding hydrogens is 447 g/mol. The second kappa shape index (κ2) is 6.92. The van der Waals surface area contributed by atoms with Crippen molar-refractivity contribution in [3.05, 3.63) is 127 Å². The molecule has 0 N–H and O–H groups in total. The van der Waals surface area contributed by atoms with Crippen LogP contribution in [-0.2, 0) is 0 Å². The molecule has 5 aromatic carbocycles. The lowest BCUT2D eigenvalue weighted by molar-refractivity contribution is 1.10. The number of nitrogens with zero attached hydrogens (tertiary/aromatic N) is 2. The van der Waals surface area contributed by atoms with Gasteiger partial charge in [-0.05, 0) is 51.8 Å². The highest BCUT2D eigenvalue weighted by atomic mass is 15.0. The number of hydrogen-bond acceptors (Lipinski definition) is 0. The molecule has 2 nitrogen and oxygen atoms in total. The Morgan fingerprint density at radius 3 is 1.38 bits per heavy atom. The van der Waals surface area contributed by atoms with Crippen LogP contribution in [0.1, 0.15) is 0 Å². The smallest absolute Gasteiger partial charge is 0.252 e. The van der Waals surface area contributed by atoms with Gasteiger partial charge in [0.15, 0.2) is 0 Å². The van der Waals surface area contributed by atoms with E-state index in [9.17, 15) is 0 Å². The van der Waals surface area contributed by atoms with Gasteiger partial charge in [0, 0.05) is 33.2 Å². The summed E-state index contributed by atoms with van der Waals surface area (Å²) >= 11 is 0. The van der Waals surface area contributed by atoms with Crippen LogP contribution in [0.3, 0.4) is 0 Å². The highest BCUT2D eigenvalue weighted by molar-refractivity contribution is 7.00. The fraction of sp³-hybridized carbons (Fsp3) is 0. The van der Waals surface area contributed by atoms with E-state index in [4.69, 9.17) is 0 Å². The minimum Gasteiger partial charge on any atom is -0.310 e. The zero-order valence-electron chi connectivity index (χ0n) is 20.1. The van der Waals surface area contributed by atoms with Gasteiger partial charge in [-0.25, -0.2) is 0 Å². The summed E-state index contributed by atoms with van der Waals surface area (Å²) < 4.78 is 5.01. The lowest BCUT2D eigenvalue weighted by Gasteiger charge is -2.34. The SMILES string of the molecule is c1ccc(-c2cc3cccc4c3n2-c2cccc3c2B4c2cccc4cc(-c5ccccc5)n-3c24)cc1. The highest BCUT2D eigenvalue weighted by Gasteiger charge is 2.40. The summed E-state index contributed by atoms with van der Waals surface area (Å²) in [6.45, 7) is 0.204. The number of aromatic nitrogens is 2. The number of benzene rings is 5. The Balaban J connectivity index is 1.46. The molecule has 170 valence electrons. The van der Waals surface area contributed by atoms with Gasteiger partial charge < -0.3 is 9.13 Å². The largest absolute Gasteiger partial charge is 0.310 e. The van der Waals surface area contributed by atoms with Gasteiger partial charge in [0.05, 0.1) is 11.4 Å². The maximum absolute atomic E-state index is 2.51. The zero-order valence-corrected chi connectivity index (χ0v) is 20.1. The Morgan fingerprint density at radius 2 is 0.892 bits per heavy atom. The first-order valence-corrected chi connectivity index (χ1v) is 12.9. The predicted octanol–water partition coefficient (Wildman–Crippen LogP) is 6.05. The quantitative estimate of drug-likeness (QED) is 0.274. The van der Waals surface area contributed by atoms with Gasteiger partial charge in [-0.3, -0.25) is 0 Å². The lowest BCUT2D eigenvalue weighted by atomic mass is 9.34. The standard InChI is InChI=1S/C34H21BN2/c1-3-10-22(11-4-1)30-20-24-14-7-16-26-33(24)36(30)28-18-9-19-29-32(28)35(26)27-17-8-15-25-21-31(37(29)34(25)27)23-12-5-2-6-13-23/h1-21H. The van der Waals surface area contributed by atoms with E-state index in [2.05, 4.69) is 137 Å². The van der Waals surface area contributed by atoms with Crippen LogP contribution in [0.5, 0.6) is 0 Å². The second-order valence-electron chi connectivity index (χ2n) is 10.2. The van der Waals surface area contributed by atoms with Crippen molar-refractivity contribution in [2.75, 3.05) is 0 Å². The first-order chi connectivity index (χ1) is 18.4. The minimum absolute atomic E-state index is 0.204. The maximum atomic E-state index is 2.51. The van der Waals surface area contributed by atoms with Gasteiger partial charge in [-0.15, -0.1) is 0 Å². The molecular formula is C34H21BN2. The number of fused-ring (bicyclic) bond motifs is 4. The minimum atomic E-state index is 0.204. The van der Waals surface area contributed by atoms with Crippen molar-refractivity contribution < 1.29 is 0 Å². The molecule has 0 aliphatic carbocycles. The van der Waals surface area contributed by atoms with Crippen LogP contribution in [0.25, 0.3) is 55.7 Å². The summed E-state index contributed by atoms with van der Waals surface area (Å²) in [5, 5.41) is 2.59. The molecule has 0 unspecified atom stereocenters. The second-order valence-corrected chi connectivity index (χ2v) is 10.2. The van der Waals surface area contributed by atoms with Crippen LogP contribution in [0.15, 0.2) is 127 Å². The molecule has 3 heteroatoms. The van der Waals surface area contributed by atoms with E-state index < -0.39 is 0 Å². The van der Waals surface area contributed by atoms with E-state index in [1.165, 1.54) is 72.1 Å². The summed E-state index contributed by atoms with van der Waals surface area (Å²) in [5.41, 5.74) is 14.4. The molecule has 37 heavy (non-hydrogen) atoms. The van der Waals surface area contributed by atoms with E-state index in [-0.39, 0.29) is 6.71 Å². The summed E-state index contributed by atoms with van der Waals surface area (Å²) in [4.78, 5) is 0. The topological polar surface area (TPSA) is 9.86 Å². The van der Waals surface area contributed by atoms with Crippen molar-refractivity contribution in [1.82, 2.24) is 9.13 Å². The van der Waals surface area contributed by atoms with E-state index in [0.717, 1.165) is 0 Å².